The molecule has 26 heavy (non-hydrogen) atoms. The fourth-order valence-corrected chi connectivity index (χ4v) is 3.49. The highest BCUT2D eigenvalue weighted by molar-refractivity contribution is 14.0. The maximum atomic E-state index is 4.41. The minimum atomic E-state index is 0. The molecule has 1 heterocycles. The van der Waals surface area contributed by atoms with Crippen molar-refractivity contribution in [3.63, 3.8) is 0 Å². The second kappa shape index (κ2) is 9.78. The first-order valence-corrected chi connectivity index (χ1v) is 9.57. The van der Waals surface area contributed by atoms with Gasteiger partial charge < -0.3 is 15.5 Å². The maximum absolute atomic E-state index is 4.41. The van der Waals surface area contributed by atoms with Crippen molar-refractivity contribution in [2.24, 2.45) is 4.99 Å². The van der Waals surface area contributed by atoms with Gasteiger partial charge in [0.1, 0.15) is 0 Å². The van der Waals surface area contributed by atoms with Gasteiger partial charge in [-0.15, -0.1) is 24.0 Å². The van der Waals surface area contributed by atoms with Crippen molar-refractivity contribution in [1.82, 2.24) is 15.5 Å². The summed E-state index contributed by atoms with van der Waals surface area (Å²) in [4.78, 5) is 9.34. The molecule has 6 heteroatoms. The Balaban J connectivity index is 0.00000243. The van der Waals surface area contributed by atoms with E-state index in [-0.39, 0.29) is 24.0 Å². The van der Waals surface area contributed by atoms with Gasteiger partial charge in [0, 0.05) is 50.5 Å². The lowest BCUT2D eigenvalue weighted by Gasteiger charge is -2.26. The molecule has 0 bridgehead atoms. The third-order valence-electron chi connectivity index (χ3n) is 5.53. The van der Waals surface area contributed by atoms with E-state index in [1.807, 2.05) is 7.05 Å². The minimum Gasteiger partial charge on any atom is -0.369 e. The number of hydrogen-bond acceptors (Lipinski definition) is 3. The zero-order chi connectivity index (χ0) is 17.8. The Morgan fingerprint density at radius 2 is 1.96 bits per heavy atom. The molecule has 1 aliphatic heterocycles. The first-order valence-electron chi connectivity index (χ1n) is 9.57. The molecule has 1 saturated heterocycles. The quantitative estimate of drug-likeness (QED) is 0.381. The van der Waals surface area contributed by atoms with Crippen molar-refractivity contribution in [2.45, 2.75) is 51.2 Å². The van der Waals surface area contributed by atoms with Gasteiger partial charge in [-0.05, 0) is 52.3 Å². The zero-order valence-electron chi connectivity index (χ0n) is 16.5. The molecule has 146 valence electrons. The van der Waals surface area contributed by atoms with Crippen LogP contribution in [-0.4, -0.2) is 62.7 Å². The third-order valence-corrected chi connectivity index (χ3v) is 5.53. The molecule has 2 N–H and O–H groups in total. The predicted octanol–water partition coefficient (Wildman–Crippen LogP) is 2.84. The number of nitrogens with one attached hydrogen (secondary N) is 2. The highest BCUT2D eigenvalue weighted by atomic mass is 127. The number of likely N-dealkylation sites (N-methyl/N-ethyl adjacent to an activating group) is 1. The van der Waals surface area contributed by atoms with Gasteiger partial charge >= 0.3 is 0 Å². The summed E-state index contributed by atoms with van der Waals surface area (Å²) >= 11 is 0. The van der Waals surface area contributed by atoms with E-state index in [1.165, 1.54) is 24.1 Å². The fraction of sp³-hybridized carbons (Fsp3) is 0.650. The van der Waals surface area contributed by atoms with Crippen LogP contribution in [0.4, 0.5) is 5.69 Å². The Kier molecular flexibility index (Phi) is 8.01. The van der Waals surface area contributed by atoms with Gasteiger partial charge in [0.05, 0.1) is 0 Å². The lowest BCUT2D eigenvalue weighted by molar-refractivity contribution is 0.247. The van der Waals surface area contributed by atoms with E-state index >= 15 is 0 Å². The van der Waals surface area contributed by atoms with Crippen LogP contribution in [0.3, 0.4) is 0 Å². The number of guanidine groups is 1. The van der Waals surface area contributed by atoms with Crippen molar-refractivity contribution >= 4 is 35.6 Å². The molecule has 0 amide bonds. The van der Waals surface area contributed by atoms with Crippen LogP contribution >= 0.6 is 24.0 Å². The molecule has 3 rings (SSSR count). The molecule has 1 aromatic carbocycles. The maximum Gasteiger partial charge on any atom is 0.191 e. The van der Waals surface area contributed by atoms with Crippen LogP contribution in [0.2, 0.25) is 0 Å². The molecule has 2 atom stereocenters. The molecule has 0 spiro atoms. The summed E-state index contributed by atoms with van der Waals surface area (Å²) in [5, 5.41) is 7.09. The molecule has 2 unspecified atom stereocenters. The summed E-state index contributed by atoms with van der Waals surface area (Å²) in [6, 6.07) is 10.6. The Hall–Kier alpha value is -1.02. The Morgan fingerprint density at radius 1 is 1.27 bits per heavy atom. The normalized spacial score (nSPS) is 21.5. The van der Waals surface area contributed by atoms with Crippen LogP contribution in [-0.2, 0) is 0 Å². The van der Waals surface area contributed by atoms with Crippen molar-refractivity contribution in [2.75, 3.05) is 38.6 Å². The second-order valence-corrected chi connectivity index (χ2v) is 7.61. The number of aryl methyl sites for hydroxylation is 1. The average Bonchev–Trinajstić information content (AvgIpc) is 3.37. The lowest BCUT2D eigenvalue weighted by Crippen LogP contribution is -2.48. The van der Waals surface area contributed by atoms with Crippen LogP contribution in [0, 0.1) is 6.92 Å². The van der Waals surface area contributed by atoms with Gasteiger partial charge in [0.15, 0.2) is 5.96 Å². The summed E-state index contributed by atoms with van der Waals surface area (Å²) in [5.74, 6) is 0.923. The number of anilines is 1. The van der Waals surface area contributed by atoms with Gasteiger partial charge in [-0.2, -0.15) is 0 Å². The zero-order valence-corrected chi connectivity index (χ0v) is 18.9. The molecule has 2 fully saturated rings. The summed E-state index contributed by atoms with van der Waals surface area (Å²) in [5.41, 5.74) is 2.63. The van der Waals surface area contributed by atoms with E-state index in [1.54, 1.807) is 0 Å². The van der Waals surface area contributed by atoms with E-state index in [0.717, 1.165) is 38.1 Å². The SMILES string of the molecule is CN=C(NCC(C)N(C)C1CC1)NC1CCN(c2ccc(C)cc2)C1.I. The Morgan fingerprint density at radius 3 is 2.58 bits per heavy atom. The molecule has 0 aromatic heterocycles. The van der Waals surface area contributed by atoms with Gasteiger partial charge in [-0.3, -0.25) is 9.89 Å². The largest absolute Gasteiger partial charge is 0.369 e. The fourth-order valence-electron chi connectivity index (χ4n) is 3.49. The molecule has 5 nitrogen and oxygen atoms in total. The van der Waals surface area contributed by atoms with Crippen molar-refractivity contribution in [3.05, 3.63) is 29.8 Å². The molecule has 0 radical (unpaired) electrons. The van der Waals surface area contributed by atoms with Crippen LogP contribution in [0.1, 0.15) is 31.7 Å². The summed E-state index contributed by atoms with van der Waals surface area (Å²) in [7, 11) is 4.09. The molecule has 1 aliphatic carbocycles. The highest BCUT2D eigenvalue weighted by Crippen LogP contribution is 2.26. The van der Waals surface area contributed by atoms with Gasteiger partial charge in [0.25, 0.3) is 0 Å². The smallest absolute Gasteiger partial charge is 0.191 e. The number of rotatable bonds is 6. The van der Waals surface area contributed by atoms with Crippen LogP contribution in [0.15, 0.2) is 29.3 Å². The molecule has 2 aliphatic rings. The number of aliphatic imine (C=N–C) groups is 1. The van der Waals surface area contributed by atoms with E-state index in [0.29, 0.717) is 12.1 Å². The average molecular weight is 471 g/mol. The van der Waals surface area contributed by atoms with E-state index in [9.17, 15) is 0 Å². The van der Waals surface area contributed by atoms with Gasteiger partial charge in [-0.1, -0.05) is 17.7 Å². The van der Waals surface area contributed by atoms with Crippen molar-refractivity contribution in [3.8, 4) is 0 Å². The standard InChI is InChI=1S/C20H33N5.HI/c1-15-5-7-19(8-6-15)25-12-11-17(14-25)23-20(21-3)22-13-16(2)24(4)18-9-10-18;/h5-8,16-18H,9-14H2,1-4H3,(H2,21,22,23);1H. The first kappa shape index (κ1) is 21.3. The van der Waals surface area contributed by atoms with Gasteiger partial charge in [-0.25, -0.2) is 0 Å². The van der Waals surface area contributed by atoms with Crippen LogP contribution in [0.25, 0.3) is 0 Å². The molecule has 1 saturated carbocycles. The van der Waals surface area contributed by atoms with Crippen LogP contribution < -0.4 is 15.5 Å². The Bertz CT molecular complexity index is 584. The van der Waals surface area contributed by atoms with Crippen LogP contribution in [0.5, 0.6) is 0 Å². The van der Waals surface area contributed by atoms with E-state index in [2.05, 4.69) is 70.6 Å². The van der Waals surface area contributed by atoms with Crippen molar-refractivity contribution in [1.29, 1.82) is 0 Å². The summed E-state index contributed by atoms with van der Waals surface area (Å²) in [6.07, 6.45) is 3.85. The molecule has 1 aromatic rings. The predicted molar refractivity (Wildman–Crippen MR) is 122 cm³/mol. The summed E-state index contributed by atoms with van der Waals surface area (Å²) < 4.78 is 0. The van der Waals surface area contributed by atoms with Gasteiger partial charge in [0.2, 0.25) is 0 Å². The van der Waals surface area contributed by atoms with E-state index < -0.39 is 0 Å². The van der Waals surface area contributed by atoms with E-state index in [4.69, 9.17) is 0 Å². The number of nitrogens with zero attached hydrogens (tertiary/aromatic N) is 3. The second-order valence-electron chi connectivity index (χ2n) is 7.61. The molecular formula is C20H34IN5. The number of halogens is 1. The van der Waals surface area contributed by atoms with Crippen molar-refractivity contribution < 1.29 is 0 Å². The summed E-state index contributed by atoms with van der Waals surface area (Å²) in [6.45, 7) is 7.48. The number of benzene rings is 1. The molecular weight excluding hydrogens is 437 g/mol. The third kappa shape index (κ3) is 5.74. The monoisotopic (exact) mass is 471 g/mol. The Labute approximate surface area is 175 Å². The lowest BCUT2D eigenvalue weighted by atomic mass is 10.2. The topological polar surface area (TPSA) is 42.9 Å². The number of hydrogen-bond donors (Lipinski definition) is 2. The minimum absolute atomic E-state index is 0. The highest BCUT2D eigenvalue weighted by Gasteiger charge is 2.29. The first-order chi connectivity index (χ1) is 12.1.